The van der Waals surface area contributed by atoms with Crippen molar-refractivity contribution in [1.29, 1.82) is 0 Å². The third kappa shape index (κ3) is 4.36. The number of nitrogens with one attached hydrogen (secondary N) is 1. The molecule has 0 radical (unpaired) electrons. The summed E-state index contributed by atoms with van der Waals surface area (Å²) in [6, 6.07) is 14.7. The van der Waals surface area contributed by atoms with Gasteiger partial charge in [0.2, 0.25) is 11.7 Å². The second kappa shape index (κ2) is 8.07. The van der Waals surface area contributed by atoms with Gasteiger partial charge in [-0.15, -0.1) is 10.2 Å². The molecule has 3 rings (SSSR count). The van der Waals surface area contributed by atoms with Crippen LogP contribution in [0, 0.1) is 11.7 Å². The summed E-state index contributed by atoms with van der Waals surface area (Å²) in [6.45, 7) is 5.71. The van der Waals surface area contributed by atoms with Gasteiger partial charge in [0.05, 0.1) is 6.04 Å². The Morgan fingerprint density at radius 1 is 1.04 bits per heavy atom. The molecule has 0 unspecified atom stereocenters. The van der Waals surface area contributed by atoms with Gasteiger partial charge in [0.1, 0.15) is 5.82 Å². The zero-order valence-corrected chi connectivity index (χ0v) is 15.5. The van der Waals surface area contributed by atoms with Crippen LogP contribution in [0.4, 0.5) is 4.39 Å². The number of carbonyl (C=O) groups excluding carboxylic acids is 1. The topological polar surface area (TPSA) is 72.7 Å². The third-order valence-corrected chi connectivity index (χ3v) is 4.34. The molecule has 1 aromatic heterocycles. The molecule has 0 saturated carbocycles. The molecule has 1 amide bonds. The van der Waals surface area contributed by atoms with Crippen molar-refractivity contribution in [2.75, 3.05) is 0 Å². The maximum atomic E-state index is 13.1. The number of nitrogens with zero attached hydrogens (tertiary/aromatic N) is 4. The Labute approximate surface area is 157 Å². The zero-order chi connectivity index (χ0) is 19.4. The van der Waals surface area contributed by atoms with Crippen LogP contribution < -0.4 is 5.32 Å². The second-order valence-electron chi connectivity index (χ2n) is 6.77. The minimum Gasteiger partial charge on any atom is -0.348 e. The van der Waals surface area contributed by atoms with Crippen LogP contribution in [0.25, 0.3) is 11.4 Å². The highest BCUT2D eigenvalue weighted by molar-refractivity contribution is 5.80. The maximum Gasteiger partial charge on any atom is 0.247 e. The normalized spacial score (nSPS) is 13.4. The van der Waals surface area contributed by atoms with E-state index in [1.807, 2.05) is 51.1 Å². The van der Waals surface area contributed by atoms with Crippen LogP contribution in [-0.4, -0.2) is 26.1 Å². The molecule has 1 heterocycles. The van der Waals surface area contributed by atoms with Crippen molar-refractivity contribution in [2.45, 2.75) is 32.9 Å². The Kier molecular flexibility index (Phi) is 5.59. The first-order valence-corrected chi connectivity index (χ1v) is 8.86. The number of tetrazole rings is 1. The van der Waals surface area contributed by atoms with Gasteiger partial charge in [-0.1, -0.05) is 56.3 Å². The quantitative estimate of drug-likeness (QED) is 0.723. The first kappa shape index (κ1) is 18.7. The lowest BCUT2D eigenvalue weighted by molar-refractivity contribution is -0.127. The number of hydrogen-bond donors (Lipinski definition) is 1. The summed E-state index contributed by atoms with van der Waals surface area (Å²) in [7, 11) is 0. The van der Waals surface area contributed by atoms with E-state index >= 15 is 0 Å². The lowest BCUT2D eigenvalue weighted by Gasteiger charge is -2.22. The highest BCUT2D eigenvalue weighted by atomic mass is 19.1. The van der Waals surface area contributed by atoms with E-state index in [0.29, 0.717) is 5.82 Å². The van der Waals surface area contributed by atoms with Gasteiger partial charge < -0.3 is 5.32 Å². The first-order chi connectivity index (χ1) is 13.0. The summed E-state index contributed by atoms with van der Waals surface area (Å²) in [5.41, 5.74) is 1.66. The standard InChI is InChI=1S/C20H22FN5O/c1-13(2)18(20(27)22-14(3)15-9-11-17(21)12-10-15)26-24-19(23-25-26)16-7-5-4-6-8-16/h4-14,18H,1-3H3,(H,22,27)/t14-,18-/m1/s1. The fourth-order valence-electron chi connectivity index (χ4n) is 2.85. The van der Waals surface area contributed by atoms with Gasteiger partial charge in [0.15, 0.2) is 6.04 Å². The van der Waals surface area contributed by atoms with E-state index in [2.05, 4.69) is 20.7 Å². The molecule has 2 aromatic carbocycles. The van der Waals surface area contributed by atoms with E-state index in [0.717, 1.165) is 11.1 Å². The lowest BCUT2D eigenvalue weighted by Crippen LogP contribution is -2.38. The largest absolute Gasteiger partial charge is 0.348 e. The molecule has 1 N–H and O–H groups in total. The summed E-state index contributed by atoms with van der Waals surface area (Å²) in [5, 5.41) is 15.5. The van der Waals surface area contributed by atoms with E-state index in [1.165, 1.54) is 16.9 Å². The number of benzene rings is 2. The molecule has 140 valence electrons. The van der Waals surface area contributed by atoms with E-state index in [-0.39, 0.29) is 23.7 Å². The minimum atomic E-state index is -0.599. The Balaban J connectivity index is 1.78. The van der Waals surface area contributed by atoms with Gasteiger partial charge >= 0.3 is 0 Å². The number of aromatic nitrogens is 4. The molecule has 0 aliphatic rings. The molecular formula is C20H22FN5O. The van der Waals surface area contributed by atoms with E-state index < -0.39 is 6.04 Å². The van der Waals surface area contributed by atoms with Crippen molar-refractivity contribution >= 4 is 5.91 Å². The highest BCUT2D eigenvalue weighted by Gasteiger charge is 2.28. The molecule has 0 saturated heterocycles. The van der Waals surface area contributed by atoms with Gasteiger partial charge in [0.25, 0.3) is 0 Å². The molecule has 0 aliphatic heterocycles. The second-order valence-corrected chi connectivity index (χ2v) is 6.77. The molecule has 0 bridgehead atoms. The number of halogens is 1. The molecular weight excluding hydrogens is 345 g/mol. The van der Waals surface area contributed by atoms with Crippen LogP contribution in [0.2, 0.25) is 0 Å². The molecule has 27 heavy (non-hydrogen) atoms. The Bertz CT molecular complexity index is 892. The van der Waals surface area contributed by atoms with E-state index in [9.17, 15) is 9.18 Å². The summed E-state index contributed by atoms with van der Waals surface area (Å²) in [5.74, 6) is -0.0831. The molecule has 7 heteroatoms. The Morgan fingerprint density at radius 2 is 1.70 bits per heavy atom. The van der Waals surface area contributed by atoms with Gasteiger partial charge in [-0.25, -0.2) is 4.39 Å². The van der Waals surface area contributed by atoms with Crippen LogP contribution >= 0.6 is 0 Å². The number of amides is 1. The average Bonchev–Trinajstić information content (AvgIpc) is 3.12. The molecule has 0 fully saturated rings. The summed E-state index contributed by atoms with van der Waals surface area (Å²) in [4.78, 5) is 14.2. The van der Waals surface area contributed by atoms with Gasteiger partial charge in [0, 0.05) is 5.56 Å². The first-order valence-electron chi connectivity index (χ1n) is 8.86. The summed E-state index contributed by atoms with van der Waals surface area (Å²) >= 11 is 0. The van der Waals surface area contributed by atoms with Crippen LogP contribution in [-0.2, 0) is 4.79 Å². The fraction of sp³-hybridized carbons (Fsp3) is 0.300. The van der Waals surface area contributed by atoms with E-state index in [1.54, 1.807) is 12.1 Å². The summed E-state index contributed by atoms with van der Waals surface area (Å²) < 4.78 is 13.1. The average molecular weight is 367 g/mol. The monoisotopic (exact) mass is 367 g/mol. The van der Waals surface area contributed by atoms with Gasteiger partial charge in [-0.05, 0) is 35.8 Å². The van der Waals surface area contributed by atoms with Crippen molar-refractivity contribution in [3.8, 4) is 11.4 Å². The molecule has 6 nitrogen and oxygen atoms in total. The number of carbonyl (C=O) groups is 1. The predicted molar refractivity (Wildman–Crippen MR) is 100 cm³/mol. The molecule has 2 atom stereocenters. The maximum absolute atomic E-state index is 13.1. The Hall–Kier alpha value is -3.09. The van der Waals surface area contributed by atoms with Crippen LogP contribution in [0.3, 0.4) is 0 Å². The smallest absolute Gasteiger partial charge is 0.247 e. The van der Waals surface area contributed by atoms with Crippen molar-refractivity contribution in [1.82, 2.24) is 25.5 Å². The Morgan fingerprint density at radius 3 is 2.33 bits per heavy atom. The third-order valence-electron chi connectivity index (χ3n) is 4.34. The highest BCUT2D eigenvalue weighted by Crippen LogP contribution is 2.21. The zero-order valence-electron chi connectivity index (χ0n) is 15.5. The molecule has 0 spiro atoms. The van der Waals surface area contributed by atoms with E-state index in [4.69, 9.17) is 0 Å². The predicted octanol–water partition coefficient (Wildman–Crippen LogP) is 3.55. The molecule has 3 aromatic rings. The van der Waals surface area contributed by atoms with Crippen LogP contribution in [0.15, 0.2) is 54.6 Å². The number of rotatable bonds is 6. The number of hydrogen-bond acceptors (Lipinski definition) is 4. The summed E-state index contributed by atoms with van der Waals surface area (Å²) in [6.07, 6.45) is 0. The van der Waals surface area contributed by atoms with Crippen molar-refractivity contribution < 1.29 is 9.18 Å². The van der Waals surface area contributed by atoms with Crippen LogP contribution in [0.5, 0.6) is 0 Å². The molecule has 0 aliphatic carbocycles. The van der Waals surface area contributed by atoms with Crippen LogP contribution in [0.1, 0.15) is 38.4 Å². The van der Waals surface area contributed by atoms with Crippen molar-refractivity contribution in [3.63, 3.8) is 0 Å². The van der Waals surface area contributed by atoms with Gasteiger partial charge in [-0.3, -0.25) is 4.79 Å². The van der Waals surface area contributed by atoms with Crippen molar-refractivity contribution in [3.05, 3.63) is 66.0 Å². The van der Waals surface area contributed by atoms with Crippen molar-refractivity contribution in [2.24, 2.45) is 5.92 Å². The fourth-order valence-corrected chi connectivity index (χ4v) is 2.85. The van der Waals surface area contributed by atoms with Gasteiger partial charge in [-0.2, -0.15) is 4.80 Å². The lowest BCUT2D eigenvalue weighted by atomic mass is 10.0. The minimum absolute atomic E-state index is 0.0387. The SMILES string of the molecule is CC(C)[C@H](C(=O)N[C@H](C)c1ccc(F)cc1)n1nnc(-c2ccccc2)n1.